The number of hydrogen-bond donors (Lipinski definition) is 0. The van der Waals surface area contributed by atoms with Crippen LogP contribution < -0.4 is 0 Å². The lowest BCUT2D eigenvalue weighted by Crippen LogP contribution is -2.37. The number of rotatable bonds is 1. The molecule has 2 aliphatic rings. The molecule has 1 aliphatic heterocycles. The number of piperidine rings is 1. The molecule has 3 unspecified atom stereocenters. The van der Waals surface area contributed by atoms with E-state index in [2.05, 4.69) is 18.7 Å². The van der Waals surface area contributed by atoms with Gasteiger partial charge in [0.05, 0.1) is 0 Å². The third kappa shape index (κ3) is 1.20. The molecular formula is C10H19N. The van der Waals surface area contributed by atoms with Crippen LogP contribution in [0.4, 0.5) is 0 Å². The maximum atomic E-state index is 2.67. The van der Waals surface area contributed by atoms with Gasteiger partial charge >= 0.3 is 0 Å². The summed E-state index contributed by atoms with van der Waals surface area (Å²) in [4.78, 5) is 2.67. The van der Waals surface area contributed by atoms with Gasteiger partial charge in [0.1, 0.15) is 0 Å². The molecule has 2 bridgehead atoms. The Balaban J connectivity index is 2.03. The van der Waals surface area contributed by atoms with Crippen LogP contribution in [0, 0.1) is 11.8 Å². The van der Waals surface area contributed by atoms with E-state index < -0.39 is 0 Å². The Morgan fingerprint density at radius 3 is 2.91 bits per heavy atom. The van der Waals surface area contributed by atoms with Gasteiger partial charge in [-0.2, -0.15) is 0 Å². The minimum absolute atomic E-state index is 0.953. The molecule has 11 heavy (non-hydrogen) atoms. The molecule has 0 N–H and O–H groups in total. The molecule has 0 aromatic heterocycles. The smallest absolute Gasteiger partial charge is 0.0100 e. The molecule has 1 heteroatoms. The van der Waals surface area contributed by atoms with Gasteiger partial charge in [0, 0.05) is 6.04 Å². The molecule has 0 amide bonds. The summed E-state index contributed by atoms with van der Waals surface area (Å²) in [6, 6.07) is 0.953. The van der Waals surface area contributed by atoms with E-state index in [9.17, 15) is 0 Å². The summed E-state index contributed by atoms with van der Waals surface area (Å²) >= 11 is 0. The molecule has 64 valence electrons. The van der Waals surface area contributed by atoms with Crippen LogP contribution in [-0.4, -0.2) is 24.0 Å². The summed E-state index contributed by atoms with van der Waals surface area (Å²) in [6.07, 6.45) is 4.43. The lowest BCUT2D eigenvalue weighted by Gasteiger charge is -2.32. The van der Waals surface area contributed by atoms with Crippen LogP contribution in [0.5, 0.6) is 0 Å². The van der Waals surface area contributed by atoms with Crippen LogP contribution >= 0.6 is 0 Å². The lowest BCUT2D eigenvalue weighted by atomic mass is 9.93. The van der Waals surface area contributed by atoms with E-state index >= 15 is 0 Å². The first-order chi connectivity index (χ1) is 5.31. The van der Waals surface area contributed by atoms with Gasteiger partial charge in [-0.05, 0) is 44.2 Å². The SMILES string of the molecule is CCN1CCC2CC1CC2C. The van der Waals surface area contributed by atoms with Crippen LogP contribution in [-0.2, 0) is 0 Å². The van der Waals surface area contributed by atoms with Crippen molar-refractivity contribution >= 4 is 0 Å². The molecule has 2 rings (SSSR count). The Bertz CT molecular complexity index is 142. The highest BCUT2D eigenvalue weighted by molar-refractivity contribution is 4.91. The summed E-state index contributed by atoms with van der Waals surface area (Å²) in [7, 11) is 0. The summed E-state index contributed by atoms with van der Waals surface area (Å²) in [5, 5.41) is 0. The van der Waals surface area contributed by atoms with Crippen molar-refractivity contribution in [2.24, 2.45) is 11.8 Å². The van der Waals surface area contributed by atoms with Crippen molar-refractivity contribution in [3.05, 3.63) is 0 Å². The Morgan fingerprint density at radius 2 is 2.18 bits per heavy atom. The molecule has 0 aromatic carbocycles. The van der Waals surface area contributed by atoms with Crippen molar-refractivity contribution in [2.75, 3.05) is 13.1 Å². The zero-order chi connectivity index (χ0) is 7.84. The van der Waals surface area contributed by atoms with Crippen molar-refractivity contribution in [3.8, 4) is 0 Å². The van der Waals surface area contributed by atoms with E-state index in [0.717, 1.165) is 17.9 Å². The lowest BCUT2D eigenvalue weighted by molar-refractivity contribution is 0.162. The molecule has 3 atom stereocenters. The van der Waals surface area contributed by atoms with Gasteiger partial charge in [-0.3, -0.25) is 0 Å². The summed E-state index contributed by atoms with van der Waals surface area (Å²) in [5.74, 6) is 2.08. The third-order valence-corrected chi connectivity index (χ3v) is 3.73. The average Bonchev–Trinajstić information content (AvgIpc) is 2.30. The molecule has 1 heterocycles. The van der Waals surface area contributed by atoms with Gasteiger partial charge in [-0.15, -0.1) is 0 Å². The largest absolute Gasteiger partial charge is 0.301 e. The van der Waals surface area contributed by atoms with E-state index in [-0.39, 0.29) is 0 Å². The number of nitrogens with zero attached hydrogens (tertiary/aromatic N) is 1. The van der Waals surface area contributed by atoms with Gasteiger partial charge in [0.15, 0.2) is 0 Å². The first-order valence-corrected chi connectivity index (χ1v) is 5.05. The topological polar surface area (TPSA) is 3.24 Å². The van der Waals surface area contributed by atoms with E-state index in [0.29, 0.717) is 0 Å². The predicted octanol–water partition coefficient (Wildman–Crippen LogP) is 2.13. The molecule has 1 saturated carbocycles. The highest BCUT2D eigenvalue weighted by atomic mass is 15.2. The first kappa shape index (κ1) is 7.60. The van der Waals surface area contributed by atoms with Crippen molar-refractivity contribution in [3.63, 3.8) is 0 Å². The Morgan fingerprint density at radius 1 is 1.36 bits per heavy atom. The second-order valence-corrected chi connectivity index (χ2v) is 4.28. The minimum atomic E-state index is 0.953. The minimum Gasteiger partial charge on any atom is -0.301 e. The molecule has 1 nitrogen and oxygen atoms in total. The highest BCUT2D eigenvalue weighted by Crippen LogP contribution is 2.40. The van der Waals surface area contributed by atoms with Crippen LogP contribution in [0.15, 0.2) is 0 Å². The second kappa shape index (κ2) is 2.78. The van der Waals surface area contributed by atoms with Crippen molar-refractivity contribution in [1.29, 1.82) is 0 Å². The van der Waals surface area contributed by atoms with Gasteiger partial charge in [0.25, 0.3) is 0 Å². The first-order valence-electron chi connectivity index (χ1n) is 5.05. The summed E-state index contributed by atoms with van der Waals surface area (Å²) in [6.45, 7) is 7.37. The molecule has 1 aliphatic carbocycles. The average molecular weight is 153 g/mol. The van der Waals surface area contributed by atoms with E-state index in [1.54, 1.807) is 0 Å². The van der Waals surface area contributed by atoms with Crippen LogP contribution in [0.1, 0.15) is 33.1 Å². The fourth-order valence-corrected chi connectivity index (χ4v) is 2.93. The normalized spacial score (nSPS) is 44.7. The predicted molar refractivity (Wildman–Crippen MR) is 47.5 cm³/mol. The van der Waals surface area contributed by atoms with Gasteiger partial charge < -0.3 is 4.90 Å². The molecule has 0 spiro atoms. The molecule has 0 radical (unpaired) electrons. The van der Waals surface area contributed by atoms with Gasteiger partial charge in [0.2, 0.25) is 0 Å². The van der Waals surface area contributed by atoms with Crippen LogP contribution in [0.3, 0.4) is 0 Å². The fourth-order valence-electron chi connectivity index (χ4n) is 2.93. The van der Waals surface area contributed by atoms with Crippen molar-refractivity contribution in [1.82, 2.24) is 4.90 Å². The van der Waals surface area contributed by atoms with Crippen LogP contribution in [0.2, 0.25) is 0 Å². The number of fused-ring (bicyclic) bond motifs is 2. The summed E-state index contributed by atoms with van der Waals surface area (Å²) in [5.41, 5.74) is 0. The van der Waals surface area contributed by atoms with Crippen LogP contribution in [0.25, 0.3) is 0 Å². The Kier molecular flexibility index (Phi) is 1.92. The Hall–Kier alpha value is -0.0400. The maximum Gasteiger partial charge on any atom is 0.0100 e. The van der Waals surface area contributed by atoms with Crippen molar-refractivity contribution < 1.29 is 0 Å². The highest BCUT2D eigenvalue weighted by Gasteiger charge is 2.37. The zero-order valence-electron chi connectivity index (χ0n) is 7.71. The Labute approximate surface area is 69.8 Å². The molecule has 0 aromatic rings. The third-order valence-electron chi connectivity index (χ3n) is 3.73. The number of hydrogen-bond acceptors (Lipinski definition) is 1. The van der Waals surface area contributed by atoms with E-state index in [1.807, 2.05) is 0 Å². The molecular weight excluding hydrogens is 134 g/mol. The van der Waals surface area contributed by atoms with Gasteiger partial charge in [-0.25, -0.2) is 0 Å². The van der Waals surface area contributed by atoms with E-state index in [4.69, 9.17) is 0 Å². The zero-order valence-corrected chi connectivity index (χ0v) is 7.71. The fraction of sp³-hybridized carbons (Fsp3) is 1.00. The summed E-state index contributed by atoms with van der Waals surface area (Å²) < 4.78 is 0. The van der Waals surface area contributed by atoms with Crippen molar-refractivity contribution in [2.45, 2.75) is 39.2 Å². The van der Waals surface area contributed by atoms with Gasteiger partial charge in [-0.1, -0.05) is 13.8 Å². The second-order valence-electron chi connectivity index (χ2n) is 4.28. The number of likely N-dealkylation sites (tertiary alicyclic amines) is 1. The van der Waals surface area contributed by atoms with E-state index in [1.165, 1.54) is 32.4 Å². The standard InChI is InChI=1S/C10H19N/c1-3-11-5-4-9-7-10(11)6-8(9)2/h8-10H,3-7H2,1-2H3. The molecule has 1 saturated heterocycles. The monoisotopic (exact) mass is 153 g/mol. The molecule has 2 fully saturated rings. The quantitative estimate of drug-likeness (QED) is 0.558. The maximum absolute atomic E-state index is 2.67.